The van der Waals surface area contributed by atoms with Gasteiger partial charge in [0.2, 0.25) is 6.79 Å². The largest absolute Gasteiger partial charge is 0.454 e. The van der Waals surface area contributed by atoms with Gasteiger partial charge >= 0.3 is 0 Å². The molecule has 0 bridgehead atoms. The van der Waals surface area contributed by atoms with E-state index in [2.05, 4.69) is 4.90 Å². The second-order valence-corrected chi connectivity index (χ2v) is 13.1. The molecule has 3 aromatic rings. The Balaban J connectivity index is 1.07. The number of morpholine rings is 1. The van der Waals surface area contributed by atoms with Crippen molar-refractivity contribution in [3.8, 4) is 22.6 Å². The van der Waals surface area contributed by atoms with Gasteiger partial charge in [0.1, 0.15) is 5.78 Å². The molecular formula is C32H35NO6S. The summed E-state index contributed by atoms with van der Waals surface area (Å²) in [5.41, 5.74) is 3.39. The van der Waals surface area contributed by atoms with Crippen molar-refractivity contribution < 1.29 is 27.4 Å². The van der Waals surface area contributed by atoms with Crippen LogP contribution in [0.2, 0.25) is 0 Å². The van der Waals surface area contributed by atoms with Gasteiger partial charge in [-0.25, -0.2) is 8.42 Å². The number of carbonyl (C=O) groups is 1. The average Bonchev–Trinajstić information content (AvgIpc) is 3.67. The molecule has 0 aromatic heterocycles. The van der Waals surface area contributed by atoms with Crippen molar-refractivity contribution in [2.24, 2.45) is 0 Å². The minimum atomic E-state index is -3.33. The van der Waals surface area contributed by atoms with Crippen LogP contribution in [0.4, 0.5) is 0 Å². The number of fused-ring (bicyclic) bond motifs is 1. The van der Waals surface area contributed by atoms with Gasteiger partial charge in [-0.2, -0.15) is 0 Å². The molecule has 210 valence electrons. The summed E-state index contributed by atoms with van der Waals surface area (Å²) in [6.07, 6.45) is 3.53. The highest BCUT2D eigenvalue weighted by Crippen LogP contribution is 2.51. The highest BCUT2D eigenvalue weighted by atomic mass is 32.2. The van der Waals surface area contributed by atoms with Crippen molar-refractivity contribution in [2.75, 3.05) is 45.4 Å². The predicted molar refractivity (Wildman–Crippen MR) is 153 cm³/mol. The van der Waals surface area contributed by atoms with E-state index in [0.29, 0.717) is 23.5 Å². The van der Waals surface area contributed by atoms with Crippen LogP contribution >= 0.6 is 0 Å². The molecule has 7 nitrogen and oxygen atoms in total. The first-order valence-electron chi connectivity index (χ1n) is 14.1. The van der Waals surface area contributed by atoms with Gasteiger partial charge in [-0.15, -0.1) is 0 Å². The molecule has 3 aromatic carbocycles. The molecule has 0 radical (unpaired) electrons. The molecule has 40 heavy (non-hydrogen) atoms. The van der Waals surface area contributed by atoms with E-state index >= 15 is 0 Å². The standard InChI is InChI=1S/C32H35NO6S/c34-31(32(12-13-32)27-8-11-29-30(22-27)39-23-38-29)21-24-4-3-5-26(20-24)25-6-9-28(10-7-25)40(35,36)19-2-1-14-33-15-17-37-18-16-33/h3-11,20,22H,1-2,12-19,21,23H2. The molecule has 0 unspecified atom stereocenters. The molecule has 1 aliphatic carbocycles. The fourth-order valence-electron chi connectivity index (χ4n) is 5.69. The minimum Gasteiger partial charge on any atom is -0.454 e. The Hall–Kier alpha value is -3.20. The first kappa shape index (κ1) is 27.0. The second-order valence-electron chi connectivity index (χ2n) is 11.0. The van der Waals surface area contributed by atoms with Crippen LogP contribution in [0.5, 0.6) is 11.5 Å². The van der Waals surface area contributed by atoms with Gasteiger partial charge < -0.3 is 14.2 Å². The number of unbranched alkanes of at least 4 members (excludes halogenated alkanes) is 1. The molecule has 3 aliphatic rings. The summed E-state index contributed by atoms with van der Waals surface area (Å²) < 4.78 is 42.1. The molecule has 1 saturated carbocycles. The number of hydrogen-bond donors (Lipinski definition) is 0. The second kappa shape index (κ2) is 11.4. The van der Waals surface area contributed by atoms with E-state index in [9.17, 15) is 13.2 Å². The number of hydrogen-bond acceptors (Lipinski definition) is 7. The summed E-state index contributed by atoms with van der Waals surface area (Å²) >= 11 is 0. The highest BCUT2D eigenvalue weighted by molar-refractivity contribution is 7.91. The zero-order chi connectivity index (χ0) is 27.6. The molecule has 2 aliphatic heterocycles. The maximum atomic E-state index is 13.5. The first-order valence-corrected chi connectivity index (χ1v) is 15.7. The normalized spacial score (nSPS) is 18.0. The lowest BCUT2D eigenvalue weighted by atomic mass is 9.87. The van der Waals surface area contributed by atoms with Gasteiger partial charge in [0.25, 0.3) is 0 Å². The third-order valence-corrected chi connectivity index (χ3v) is 10.1. The molecule has 0 spiro atoms. The molecule has 1 saturated heterocycles. The molecule has 8 heteroatoms. The van der Waals surface area contributed by atoms with E-state index in [-0.39, 0.29) is 18.3 Å². The highest BCUT2D eigenvalue weighted by Gasteiger charge is 2.50. The van der Waals surface area contributed by atoms with E-state index < -0.39 is 15.3 Å². The first-order chi connectivity index (χ1) is 19.4. The van der Waals surface area contributed by atoms with Gasteiger partial charge in [-0.3, -0.25) is 9.69 Å². The molecule has 2 fully saturated rings. The van der Waals surface area contributed by atoms with Crippen LogP contribution in [0, 0.1) is 0 Å². The molecule has 0 atom stereocenters. The Morgan fingerprint density at radius 1 is 0.850 bits per heavy atom. The topological polar surface area (TPSA) is 82.1 Å². The van der Waals surface area contributed by atoms with E-state index in [0.717, 1.165) is 80.1 Å². The predicted octanol–water partition coefficient (Wildman–Crippen LogP) is 4.81. The summed E-state index contributed by atoms with van der Waals surface area (Å²) in [6, 6.07) is 20.9. The Kier molecular flexibility index (Phi) is 7.66. The summed E-state index contributed by atoms with van der Waals surface area (Å²) in [6.45, 7) is 4.48. The van der Waals surface area contributed by atoms with Gasteiger partial charge in [0.05, 0.1) is 29.3 Å². The van der Waals surface area contributed by atoms with Crippen molar-refractivity contribution in [3.05, 3.63) is 77.9 Å². The van der Waals surface area contributed by atoms with E-state index in [1.54, 1.807) is 12.1 Å². The number of ketones is 1. The van der Waals surface area contributed by atoms with Crippen LogP contribution < -0.4 is 9.47 Å². The smallest absolute Gasteiger partial charge is 0.231 e. The number of sulfone groups is 1. The van der Waals surface area contributed by atoms with Crippen LogP contribution in [0.25, 0.3) is 11.1 Å². The SMILES string of the molecule is O=C(Cc1cccc(-c2ccc(S(=O)(=O)CCCCN3CCOCC3)cc2)c1)C1(c2ccc3c(c2)OCO3)CC1. The summed E-state index contributed by atoms with van der Waals surface area (Å²) in [4.78, 5) is 16.1. The molecule has 2 heterocycles. The van der Waals surface area contributed by atoms with Gasteiger partial charge in [-0.05, 0) is 78.7 Å². The lowest BCUT2D eigenvalue weighted by Crippen LogP contribution is -2.36. The number of rotatable bonds is 11. The van der Waals surface area contributed by atoms with Gasteiger partial charge in [-0.1, -0.05) is 42.5 Å². The van der Waals surface area contributed by atoms with Crippen LogP contribution in [0.3, 0.4) is 0 Å². The zero-order valence-electron chi connectivity index (χ0n) is 22.6. The van der Waals surface area contributed by atoms with Crippen molar-refractivity contribution in [1.29, 1.82) is 0 Å². The van der Waals surface area contributed by atoms with Crippen LogP contribution in [-0.4, -0.2) is 64.5 Å². The fourth-order valence-corrected chi connectivity index (χ4v) is 7.06. The Morgan fingerprint density at radius 3 is 2.40 bits per heavy atom. The van der Waals surface area contributed by atoms with E-state index in [1.807, 2.05) is 54.6 Å². The van der Waals surface area contributed by atoms with Crippen molar-refractivity contribution in [2.45, 2.75) is 42.4 Å². The molecular weight excluding hydrogens is 526 g/mol. The lowest BCUT2D eigenvalue weighted by molar-refractivity contribution is -0.120. The maximum absolute atomic E-state index is 13.5. The quantitative estimate of drug-likeness (QED) is 0.311. The minimum absolute atomic E-state index is 0.152. The monoisotopic (exact) mass is 561 g/mol. The average molecular weight is 562 g/mol. The Bertz CT molecular complexity index is 1470. The van der Waals surface area contributed by atoms with E-state index in [4.69, 9.17) is 14.2 Å². The summed E-state index contributed by atoms with van der Waals surface area (Å²) in [7, 11) is -3.33. The van der Waals surface area contributed by atoms with Gasteiger partial charge in [0.15, 0.2) is 21.3 Å². The lowest BCUT2D eigenvalue weighted by Gasteiger charge is -2.26. The van der Waals surface area contributed by atoms with Crippen molar-refractivity contribution in [3.63, 3.8) is 0 Å². The number of benzene rings is 3. The van der Waals surface area contributed by atoms with Crippen molar-refractivity contribution >= 4 is 15.6 Å². The van der Waals surface area contributed by atoms with E-state index in [1.165, 1.54) is 0 Å². The Morgan fingerprint density at radius 2 is 1.62 bits per heavy atom. The number of ether oxygens (including phenoxy) is 3. The maximum Gasteiger partial charge on any atom is 0.231 e. The zero-order valence-corrected chi connectivity index (χ0v) is 23.5. The third kappa shape index (κ3) is 5.80. The van der Waals surface area contributed by atoms with Crippen LogP contribution in [0.15, 0.2) is 71.6 Å². The molecule has 0 N–H and O–H groups in total. The Labute approximate surface area is 236 Å². The van der Waals surface area contributed by atoms with Crippen LogP contribution in [-0.2, 0) is 31.2 Å². The molecule has 6 rings (SSSR count). The summed E-state index contributed by atoms with van der Waals surface area (Å²) in [5, 5.41) is 0. The molecule has 0 amide bonds. The van der Waals surface area contributed by atoms with Crippen molar-refractivity contribution in [1.82, 2.24) is 4.90 Å². The number of nitrogens with zero attached hydrogens (tertiary/aromatic N) is 1. The fraction of sp³-hybridized carbons (Fsp3) is 0.406. The number of carbonyl (C=O) groups excluding carboxylic acids is 1. The number of Topliss-reactive ketones (excluding diaryl/α,β-unsaturated/α-hetero) is 1. The third-order valence-electron chi connectivity index (χ3n) is 8.29. The summed E-state index contributed by atoms with van der Waals surface area (Å²) in [5.74, 6) is 1.79. The van der Waals surface area contributed by atoms with Gasteiger partial charge in [0, 0.05) is 19.5 Å². The van der Waals surface area contributed by atoms with Crippen LogP contribution in [0.1, 0.15) is 36.8 Å².